The molecule has 0 radical (unpaired) electrons. The highest BCUT2D eigenvalue weighted by atomic mass is 16.3. The predicted octanol–water partition coefficient (Wildman–Crippen LogP) is 7.98. The summed E-state index contributed by atoms with van der Waals surface area (Å²) in [6, 6.07) is 4.58. The van der Waals surface area contributed by atoms with Crippen LogP contribution in [0.3, 0.4) is 0 Å². The third kappa shape index (κ3) is 6.27. The molecule has 0 aliphatic rings. The fourth-order valence-electron chi connectivity index (χ4n) is 3.27. The highest BCUT2D eigenvalue weighted by molar-refractivity contribution is 5.72. The first kappa shape index (κ1) is 23.5. The summed E-state index contributed by atoms with van der Waals surface area (Å²) in [5.74, 6) is 0.506. The van der Waals surface area contributed by atoms with Crippen molar-refractivity contribution in [1.29, 1.82) is 0 Å². The molecule has 1 aromatic rings. The lowest BCUT2D eigenvalue weighted by Crippen LogP contribution is -2.05. The summed E-state index contributed by atoms with van der Waals surface area (Å²) in [6.07, 6.45) is 11.2. The summed E-state index contributed by atoms with van der Waals surface area (Å²) in [7, 11) is 0. The van der Waals surface area contributed by atoms with Gasteiger partial charge in [0.25, 0.3) is 0 Å². The van der Waals surface area contributed by atoms with Gasteiger partial charge in [0.15, 0.2) is 0 Å². The maximum Gasteiger partial charge on any atom is 0.115 e. The van der Waals surface area contributed by atoms with Gasteiger partial charge in [-0.25, -0.2) is 0 Å². The molecule has 0 aliphatic carbocycles. The number of aliphatic hydroxyl groups is 1. The molecule has 0 fully saturated rings. The van der Waals surface area contributed by atoms with Gasteiger partial charge in [0.2, 0.25) is 0 Å². The normalized spacial score (nSPS) is 14.5. The topological polar surface area (TPSA) is 20.2 Å². The number of hydrogen-bond acceptors (Lipinski definition) is 1. The van der Waals surface area contributed by atoms with Crippen LogP contribution in [0.15, 0.2) is 78.1 Å². The average Bonchev–Trinajstić information content (AvgIpc) is 2.62. The van der Waals surface area contributed by atoms with Crippen LogP contribution in [0.25, 0.3) is 5.57 Å². The van der Waals surface area contributed by atoms with Gasteiger partial charge < -0.3 is 5.11 Å². The van der Waals surface area contributed by atoms with Crippen molar-refractivity contribution in [2.75, 3.05) is 0 Å². The van der Waals surface area contributed by atoms with Crippen LogP contribution in [-0.2, 0) is 6.42 Å². The maximum absolute atomic E-state index is 9.79. The molecular weight excluding hydrogens is 340 g/mol. The maximum atomic E-state index is 9.79. The van der Waals surface area contributed by atoms with Crippen molar-refractivity contribution in [2.45, 2.75) is 54.9 Å². The second kappa shape index (κ2) is 10.7. The van der Waals surface area contributed by atoms with E-state index < -0.39 is 0 Å². The van der Waals surface area contributed by atoms with Crippen molar-refractivity contribution in [3.8, 4) is 0 Å². The van der Waals surface area contributed by atoms with Crippen LogP contribution in [0.4, 0.5) is 0 Å². The lowest BCUT2D eigenvalue weighted by Gasteiger charge is -2.18. The van der Waals surface area contributed by atoms with E-state index in [9.17, 15) is 5.11 Å². The number of aliphatic hydroxyl groups excluding tert-OH is 1. The standard InChI is InChI=1S/C27H36O/c1-10-12-13-18(3)19(4)15-25-16-20(5)21(6)17-27(25)23(8)14-22(7)26(11-2)24(9)28/h10-14,16-17,19,28H,7,9,15H2,1-6,8H3/b12-10-,18-13+,23-14+,26-11+. The Morgan fingerprint density at radius 3 is 2.25 bits per heavy atom. The highest BCUT2D eigenvalue weighted by Crippen LogP contribution is 2.29. The van der Waals surface area contributed by atoms with E-state index in [0.717, 1.165) is 17.6 Å². The number of hydrogen-bond donors (Lipinski definition) is 1. The van der Waals surface area contributed by atoms with E-state index in [1.165, 1.54) is 27.8 Å². The molecule has 0 saturated carbocycles. The molecular formula is C27H36O. The summed E-state index contributed by atoms with van der Waals surface area (Å²) < 4.78 is 0. The molecule has 0 aromatic heterocycles. The number of rotatable bonds is 8. The van der Waals surface area contributed by atoms with Crippen molar-refractivity contribution in [1.82, 2.24) is 0 Å². The number of allylic oxidation sites excluding steroid dienone is 8. The van der Waals surface area contributed by atoms with E-state index in [4.69, 9.17) is 0 Å². The van der Waals surface area contributed by atoms with Gasteiger partial charge in [-0.1, -0.05) is 68.2 Å². The molecule has 0 spiro atoms. The Morgan fingerprint density at radius 2 is 1.71 bits per heavy atom. The summed E-state index contributed by atoms with van der Waals surface area (Å²) >= 11 is 0. The van der Waals surface area contributed by atoms with Gasteiger partial charge in [-0.3, -0.25) is 0 Å². The Kier molecular flexibility index (Phi) is 8.99. The minimum Gasteiger partial charge on any atom is -0.508 e. The first-order valence-corrected chi connectivity index (χ1v) is 9.94. The van der Waals surface area contributed by atoms with Crippen LogP contribution < -0.4 is 0 Å². The molecule has 150 valence electrons. The van der Waals surface area contributed by atoms with Gasteiger partial charge in [-0.2, -0.15) is 0 Å². The fourth-order valence-corrected chi connectivity index (χ4v) is 3.27. The van der Waals surface area contributed by atoms with Crippen molar-refractivity contribution in [3.05, 3.63) is 100 Å². The van der Waals surface area contributed by atoms with Gasteiger partial charge in [0.05, 0.1) is 0 Å². The van der Waals surface area contributed by atoms with Crippen LogP contribution in [0.2, 0.25) is 0 Å². The molecule has 0 saturated heterocycles. The average molecular weight is 377 g/mol. The molecule has 1 N–H and O–H groups in total. The number of aryl methyl sites for hydroxylation is 2. The number of benzene rings is 1. The van der Waals surface area contributed by atoms with Crippen LogP contribution >= 0.6 is 0 Å². The zero-order valence-electron chi connectivity index (χ0n) is 18.7. The zero-order chi connectivity index (χ0) is 21.4. The minimum absolute atomic E-state index is 0.0511. The van der Waals surface area contributed by atoms with Crippen molar-refractivity contribution in [2.24, 2.45) is 5.92 Å². The van der Waals surface area contributed by atoms with Crippen molar-refractivity contribution >= 4 is 5.57 Å². The van der Waals surface area contributed by atoms with Crippen molar-refractivity contribution in [3.63, 3.8) is 0 Å². The molecule has 28 heavy (non-hydrogen) atoms. The van der Waals surface area contributed by atoms with E-state index in [0.29, 0.717) is 11.5 Å². The molecule has 1 aromatic carbocycles. The molecule has 0 bridgehead atoms. The largest absolute Gasteiger partial charge is 0.508 e. The zero-order valence-corrected chi connectivity index (χ0v) is 18.7. The van der Waals surface area contributed by atoms with Gasteiger partial charge in [-0.05, 0) is 87.3 Å². The Bertz CT molecular complexity index is 856. The Balaban J connectivity index is 3.35. The third-order valence-electron chi connectivity index (χ3n) is 5.34. The molecule has 1 nitrogen and oxygen atoms in total. The third-order valence-corrected chi connectivity index (χ3v) is 5.34. The van der Waals surface area contributed by atoms with E-state index in [1.807, 2.05) is 26.0 Å². The Labute approximate surface area is 172 Å². The lowest BCUT2D eigenvalue weighted by atomic mass is 9.86. The van der Waals surface area contributed by atoms with E-state index in [2.05, 4.69) is 78.1 Å². The second-order valence-corrected chi connectivity index (χ2v) is 7.64. The molecule has 0 aliphatic heterocycles. The SMILES string of the molecule is C=C(O)/C(=C/C)C(=C)/C=C(\C)c1cc(C)c(C)cc1CC(C)/C(C)=C/C=C\C. The highest BCUT2D eigenvalue weighted by Gasteiger charge is 2.13. The van der Waals surface area contributed by atoms with Gasteiger partial charge in [0.1, 0.15) is 5.76 Å². The Hall–Kier alpha value is -2.54. The predicted molar refractivity (Wildman–Crippen MR) is 126 cm³/mol. The van der Waals surface area contributed by atoms with Gasteiger partial charge in [-0.15, -0.1) is 0 Å². The molecule has 1 rings (SSSR count). The first-order chi connectivity index (χ1) is 13.1. The van der Waals surface area contributed by atoms with Crippen LogP contribution in [0, 0.1) is 19.8 Å². The molecule has 1 heteroatoms. The lowest BCUT2D eigenvalue weighted by molar-refractivity contribution is 0.428. The van der Waals surface area contributed by atoms with Gasteiger partial charge >= 0.3 is 0 Å². The van der Waals surface area contributed by atoms with E-state index in [-0.39, 0.29) is 5.76 Å². The Morgan fingerprint density at radius 1 is 1.11 bits per heavy atom. The fraction of sp³-hybridized carbons (Fsp3) is 0.333. The first-order valence-electron chi connectivity index (χ1n) is 9.94. The van der Waals surface area contributed by atoms with Crippen molar-refractivity contribution < 1.29 is 5.11 Å². The van der Waals surface area contributed by atoms with Gasteiger partial charge in [0, 0.05) is 5.57 Å². The van der Waals surface area contributed by atoms with E-state index in [1.54, 1.807) is 0 Å². The summed E-state index contributed by atoms with van der Waals surface area (Å²) in [5.41, 5.74) is 9.16. The summed E-state index contributed by atoms with van der Waals surface area (Å²) in [4.78, 5) is 0. The molecule has 0 heterocycles. The van der Waals surface area contributed by atoms with Crippen LogP contribution in [-0.4, -0.2) is 5.11 Å². The summed E-state index contributed by atoms with van der Waals surface area (Å²) in [6.45, 7) is 22.6. The summed E-state index contributed by atoms with van der Waals surface area (Å²) in [5, 5.41) is 9.79. The second-order valence-electron chi connectivity index (χ2n) is 7.64. The smallest absolute Gasteiger partial charge is 0.115 e. The molecule has 1 atom stereocenters. The molecule has 0 amide bonds. The monoisotopic (exact) mass is 376 g/mol. The molecule has 1 unspecified atom stereocenters. The van der Waals surface area contributed by atoms with Crippen LogP contribution in [0.5, 0.6) is 0 Å². The quantitative estimate of drug-likeness (QED) is 0.360. The minimum atomic E-state index is 0.0511. The van der Waals surface area contributed by atoms with E-state index >= 15 is 0 Å². The van der Waals surface area contributed by atoms with Crippen LogP contribution in [0.1, 0.15) is 56.9 Å².